The Balaban J connectivity index is 1.85. The predicted octanol–water partition coefficient (Wildman–Crippen LogP) is 4.80. The van der Waals surface area contributed by atoms with Crippen LogP contribution in [0.4, 0.5) is 0 Å². The maximum Gasteiger partial charge on any atom is 0.204 e. The van der Waals surface area contributed by atoms with E-state index in [2.05, 4.69) is 23.8 Å². The standard InChI is InChI=1S/C24H35N2OP/c1-21(2)24(20-26-18-12-4-3-5-13-19-26)25-28(27,22-14-8-6-9-15-22)23-16-10-7-11-17-23/h6-11,14-17,21,24H,3-5,12-13,18-20H2,1-2H3,(H,25,27)/t24-/m1/s1. The second-order valence-electron chi connectivity index (χ2n) is 8.33. The van der Waals surface area contributed by atoms with Crippen molar-refractivity contribution in [2.75, 3.05) is 19.6 Å². The molecule has 28 heavy (non-hydrogen) atoms. The van der Waals surface area contributed by atoms with Gasteiger partial charge in [-0.25, -0.2) is 0 Å². The maximum atomic E-state index is 14.4. The van der Waals surface area contributed by atoms with E-state index in [-0.39, 0.29) is 6.04 Å². The molecule has 0 unspecified atom stereocenters. The van der Waals surface area contributed by atoms with E-state index < -0.39 is 7.29 Å². The minimum absolute atomic E-state index is 0.186. The monoisotopic (exact) mass is 398 g/mol. The van der Waals surface area contributed by atoms with Gasteiger partial charge in [0.05, 0.1) is 0 Å². The Morgan fingerprint density at radius 2 is 1.29 bits per heavy atom. The molecule has 1 aliphatic heterocycles. The first-order chi connectivity index (χ1) is 13.6. The highest BCUT2D eigenvalue weighted by molar-refractivity contribution is 7.76. The number of rotatable bonds is 7. The Kier molecular flexibility index (Phi) is 7.91. The normalized spacial score (nSPS) is 17.8. The number of nitrogens with one attached hydrogen (secondary N) is 1. The molecule has 0 aromatic heterocycles. The quantitative estimate of drug-likeness (QED) is 0.680. The van der Waals surface area contributed by atoms with Gasteiger partial charge in [-0.05, 0) is 56.1 Å². The minimum Gasteiger partial charge on any atom is -0.302 e. The molecule has 0 spiro atoms. The highest BCUT2D eigenvalue weighted by Crippen LogP contribution is 2.40. The van der Waals surface area contributed by atoms with Crippen LogP contribution in [0, 0.1) is 5.92 Å². The van der Waals surface area contributed by atoms with E-state index in [1.807, 2.05) is 60.7 Å². The second kappa shape index (κ2) is 10.4. The molecule has 2 aromatic carbocycles. The molecular formula is C24H35N2OP. The third kappa shape index (κ3) is 5.56. The van der Waals surface area contributed by atoms with E-state index in [4.69, 9.17) is 0 Å². The lowest BCUT2D eigenvalue weighted by molar-refractivity contribution is 0.212. The Morgan fingerprint density at radius 3 is 1.75 bits per heavy atom. The third-order valence-electron chi connectivity index (χ3n) is 5.80. The summed E-state index contributed by atoms with van der Waals surface area (Å²) in [5, 5.41) is 5.44. The summed E-state index contributed by atoms with van der Waals surface area (Å²) in [6.07, 6.45) is 6.60. The smallest absolute Gasteiger partial charge is 0.204 e. The van der Waals surface area contributed by atoms with Gasteiger partial charge in [0, 0.05) is 23.2 Å². The van der Waals surface area contributed by atoms with Gasteiger partial charge in [0.25, 0.3) is 0 Å². The first-order valence-electron chi connectivity index (χ1n) is 10.8. The van der Waals surface area contributed by atoms with Gasteiger partial charge in [-0.1, -0.05) is 69.5 Å². The molecule has 3 nitrogen and oxygen atoms in total. The van der Waals surface area contributed by atoms with Gasteiger partial charge in [0.2, 0.25) is 7.29 Å². The van der Waals surface area contributed by atoms with Crippen LogP contribution < -0.4 is 15.7 Å². The van der Waals surface area contributed by atoms with E-state index >= 15 is 0 Å². The summed E-state index contributed by atoms with van der Waals surface area (Å²) in [7, 11) is -2.90. The molecule has 0 aliphatic carbocycles. The number of hydrogen-bond acceptors (Lipinski definition) is 2. The molecule has 0 amide bonds. The van der Waals surface area contributed by atoms with Gasteiger partial charge < -0.3 is 4.90 Å². The lowest BCUT2D eigenvalue weighted by atomic mass is 10.0. The Hall–Kier alpha value is -1.41. The first-order valence-corrected chi connectivity index (χ1v) is 12.5. The van der Waals surface area contributed by atoms with Crippen molar-refractivity contribution in [3.8, 4) is 0 Å². The van der Waals surface area contributed by atoms with Crippen LogP contribution in [0.15, 0.2) is 60.7 Å². The molecule has 1 fully saturated rings. The van der Waals surface area contributed by atoms with Crippen LogP contribution in [0.25, 0.3) is 0 Å². The van der Waals surface area contributed by atoms with Crippen LogP contribution >= 0.6 is 7.29 Å². The molecule has 0 radical (unpaired) electrons. The van der Waals surface area contributed by atoms with Gasteiger partial charge in [-0.15, -0.1) is 0 Å². The van der Waals surface area contributed by atoms with Crippen LogP contribution in [-0.4, -0.2) is 30.6 Å². The van der Waals surface area contributed by atoms with E-state index in [1.165, 1.54) is 32.1 Å². The zero-order chi connectivity index (χ0) is 19.8. The number of benzene rings is 2. The van der Waals surface area contributed by atoms with E-state index in [9.17, 15) is 4.57 Å². The molecular weight excluding hydrogens is 363 g/mol. The van der Waals surface area contributed by atoms with Crippen molar-refractivity contribution in [3.05, 3.63) is 60.7 Å². The van der Waals surface area contributed by atoms with Crippen LogP contribution in [-0.2, 0) is 4.57 Å². The summed E-state index contributed by atoms with van der Waals surface area (Å²) in [5.41, 5.74) is 0. The lowest BCUT2D eigenvalue weighted by Gasteiger charge is -2.34. The van der Waals surface area contributed by atoms with Crippen molar-refractivity contribution in [1.82, 2.24) is 9.99 Å². The van der Waals surface area contributed by atoms with Crippen LogP contribution in [0.3, 0.4) is 0 Å². The summed E-state index contributed by atoms with van der Waals surface area (Å²) in [6.45, 7) is 7.75. The molecule has 1 heterocycles. The van der Waals surface area contributed by atoms with E-state index in [1.54, 1.807) is 0 Å². The highest BCUT2D eigenvalue weighted by Gasteiger charge is 2.32. The average Bonchev–Trinajstić information content (AvgIpc) is 2.70. The van der Waals surface area contributed by atoms with Crippen molar-refractivity contribution in [1.29, 1.82) is 0 Å². The van der Waals surface area contributed by atoms with E-state index in [0.29, 0.717) is 5.92 Å². The van der Waals surface area contributed by atoms with E-state index in [0.717, 1.165) is 30.2 Å². The number of hydrogen-bond donors (Lipinski definition) is 1. The van der Waals surface area contributed by atoms with Gasteiger partial charge >= 0.3 is 0 Å². The van der Waals surface area contributed by atoms with Crippen molar-refractivity contribution in [2.45, 2.75) is 52.0 Å². The second-order valence-corrected chi connectivity index (χ2v) is 10.8. The molecule has 0 saturated carbocycles. The molecule has 2 aromatic rings. The van der Waals surface area contributed by atoms with Crippen LogP contribution in [0.1, 0.15) is 46.0 Å². The summed E-state index contributed by atoms with van der Waals surface area (Å²) in [5.74, 6) is 0.409. The van der Waals surface area contributed by atoms with Crippen molar-refractivity contribution in [3.63, 3.8) is 0 Å². The zero-order valence-electron chi connectivity index (χ0n) is 17.4. The van der Waals surface area contributed by atoms with Crippen molar-refractivity contribution in [2.24, 2.45) is 5.92 Å². The van der Waals surface area contributed by atoms with Gasteiger partial charge in [-0.3, -0.25) is 9.65 Å². The fraction of sp³-hybridized carbons (Fsp3) is 0.500. The van der Waals surface area contributed by atoms with Crippen LogP contribution in [0.5, 0.6) is 0 Å². The minimum atomic E-state index is -2.90. The van der Waals surface area contributed by atoms with Crippen molar-refractivity contribution < 1.29 is 4.57 Å². The molecule has 1 N–H and O–H groups in total. The highest BCUT2D eigenvalue weighted by atomic mass is 31.2. The summed E-state index contributed by atoms with van der Waals surface area (Å²) < 4.78 is 14.4. The summed E-state index contributed by atoms with van der Waals surface area (Å²) in [6, 6.07) is 20.1. The summed E-state index contributed by atoms with van der Waals surface area (Å²) in [4.78, 5) is 2.58. The third-order valence-corrected chi connectivity index (χ3v) is 8.54. The lowest BCUT2D eigenvalue weighted by Crippen LogP contribution is -2.46. The van der Waals surface area contributed by atoms with Crippen LogP contribution in [0.2, 0.25) is 0 Å². The number of likely N-dealkylation sites (tertiary alicyclic amines) is 1. The van der Waals surface area contributed by atoms with Gasteiger partial charge in [0.1, 0.15) is 0 Å². The largest absolute Gasteiger partial charge is 0.302 e. The molecule has 0 bridgehead atoms. The Bertz CT molecular complexity index is 696. The zero-order valence-corrected chi connectivity index (χ0v) is 18.3. The first kappa shape index (κ1) is 21.3. The molecule has 3 rings (SSSR count). The fourth-order valence-corrected chi connectivity index (χ4v) is 6.61. The van der Waals surface area contributed by atoms with Gasteiger partial charge in [0.15, 0.2) is 0 Å². The summed E-state index contributed by atoms with van der Waals surface area (Å²) >= 11 is 0. The molecule has 1 atom stereocenters. The topological polar surface area (TPSA) is 32.3 Å². The Labute approximate surface area is 171 Å². The number of nitrogens with zero attached hydrogens (tertiary/aromatic N) is 1. The SMILES string of the molecule is CC(C)[C@@H](CN1CCCCCCC1)NP(=O)(c1ccccc1)c1ccccc1. The van der Waals surface area contributed by atoms with Gasteiger partial charge in [-0.2, -0.15) is 0 Å². The molecule has 1 saturated heterocycles. The van der Waals surface area contributed by atoms with Crippen molar-refractivity contribution >= 4 is 17.9 Å². The maximum absolute atomic E-state index is 14.4. The predicted molar refractivity (Wildman–Crippen MR) is 121 cm³/mol. The average molecular weight is 399 g/mol. The fourth-order valence-electron chi connectivity index (χ4n) is 3.98. The Morgan fingerprint density at radius 1 is 0.821 bits per heavy atom. The molecule has 1 aliphatic rings. The molecule has 4 heteroatoms. The molecule has 152 valence electrons.